The first-order valence-electron chi connectivity index (χ1n) is 6.69. The molecule has 2 heterocycles. The SMILES string of the molecule is Clc1cc(-c2ccc3cccnc3c2)nc(C2CC2)n1. The van der Waals surface area contributed by atoms with Crippen molar-refractivity contribution in [1.29, 1.82) is 0 Å². The van der Waals surface area contributed by atoms with Crippen LogP contribution in [0, 0.1) is 0 Å². The average Bonchev–Trinajstić information content (AvgIpc) is 3.31. The van der Waals surface area contributed by atoms with Gasteiger partial charge in [-0.25, -0.2) is 9.97 Å². The van der Waals surface area contributed by atoms with Crippen molar-refractivity contribution in [2.45, 2.75) is 18.8 Å². The maximum Gasteiger partial charge on any atom is 0.133 e. The summed E-state index contributed by atoms with van der Waals surface area (Å²) in [6.07, 6.45) is 4.13. The molecule has 0 N–H and O–H groups in total. The van der Waals surface area contributed by atoms with Gasteiger partial charge >= 0.3 is 0 Å². The second-order valence-corrected chi connectivity index (χ2v) is 5.51. The van der Waals surface area contributed by atoms with Crippen molar-refractivity contribution in [2.75, 3.05) is 0 Å². The van der Waals surface area contributed by atoms with Crippen LogP contribution in [0.25, 0.3) is 22.2 Å². The molecule has 1 aliphatic carbocycles. The molecular formula is C16H12ClN3. The van der Waals surface area contributed by atoms with Gasteiger partial charge in [0.05, 0.1) is 11.2 Å². The maximum atomic E-state index is 6.12. The molecule has 3 aromatic rings. The Morgan fingerprint density at radius 1 is 1.05 bits per heavy atom. The van der Waals surface area contributed by atoms with Gasteiger partial charge < -0.3 is 0 Å². The van der Waals surface area contributed by atoms with E-state index in [1.807, 2.05) is 18.2 Å². The lowest BCUT2D eigenvalue weighted by atomic mass is 10.1. The zero-order valence-electron chi connectivity index (χ0n) is 10.8. The molecule has 98 valence electrons. The topological polar surface area (TPSA) is 38.7 Å². The van der Waals surface area contributed by atoms with Gasteiger partial charge in [0, 0.05) is 29.1 Å². The molecular weight excluding hydrogens is 270 g/mol. The highest BCUT2D eigenvalue weighted by molar-refractivity contribution is 6.29. The number of nitrogens with zero attached hydrogens (tertiary/aromatic N) is 3. The summed E-state index contributed by atoms with van der Waals surface area (Å²) in [5.74, 6) is 1.36. The van der Waals surface area contributed by atoms with Crippen molar-refractivity contribution in [3.05, 3.63) is 53.6 Å². The van der Waals surface area contributed by atoms with Crippen molar-refractivity contribution >= 4 is 22.5 Å². The van der Waals surface area contributed by atoms with Gasteiger partial charge in [-0.05, 0) is 25.0 Å². The van der Waals surface area contributed by atoms with E-state index in [2.05, 4.69) is 33.2 Å². The second kappa shape index (κ2) is 4.53. The van der Waals surface area contributed by atoms with E-state index >= 15 is 0 Å². The highest BCUT2D eigenvalue weighted by Gasteiger charge is 2.27. The number of aromatic nitrogens is 3. The Balaban J connectivity index is 1.85. The Hall–Kier alpha value is -2.00. The Morgan fingerprint density at radius 2 is 1.95 bits per heavy atom. The molecule has 2 aromatic heterocycles. The molecule has 1 aromatic carbocycles. The summed E-state index contributed by atoms with van der Waals surface area (Å²) in [5.41, 5.74) is 2.87. The Kier molecular flexibility index (Phi) is 2.67. The normalized spacial score (nSPS) is 14.7. The van der Waals surface area contributed by atoms with E-state index in [1.165, 1.54) is 12.8 Å². The molecule has 1 fully saturated rings. The Bertz CT molecular complexity index is 797. The van der Waals surface area contributed by atoms with Gasteiger partial charge in [-0.3, -0.25) is 4.98 Å². The first-order chi connectivity index (χ1) is 9.79. The number of hydrogen-bond donors (Lipinski definition) is 0. The van der Waals surface area contributed by atoms with Crippen LogP contribution in [0.3, 0.4) is 0 Å². The lowest BCUT2D eigenvalue weighted by Gasteiger charge is -2.05. The maximum absolute atomic E-state index is 6.12. The summed E-state index contributed by atoms with van der Waals surface area (Å²) in [6.45, 7) is 0. The van der Waals surface area contributed by atoms with Gasteiger partial charge in [-0.2, -0.15) is 0 Å². The quantitative estimate of drug-likeness (QED) is 0.660. The second-order valence-electron chi connectivity index (χ2n) is 5.12. The third-order valence-corrected chi connectivity index (χ3v) is 3.75. The van der Waals surface area contributed by atoms with E-state index < -0.39 is 0 Å². The number of benzene rings is 1. The fraction of sp³-hybridized carbons (Fsp3) is 0.188. The molecule has 0 radical (unpaired) electrons. The number of rotatable bonds is 2. The molecule has 4 rings (SSSR count). The van der Waals surface area contributed by atoms with Crippen LogP contribution in [0.15, 0.2) is 42.6 Å². The van der Waals surface area contributed by atoms with Crippen LogP contribution in [0.2, 0.25) is 5.15 Å². The predicted octanol–water partition coefficient (Wildman–Crippen LogP) is 4.22. The molecule has 1 saturated carbocycles. The third kappa shape index (κ3) is 2.14. The van der Waals surface area contributed by atoms with Crippen LogP contribution in [0.5, 0.6) is 0 Å². The summed E-state index contributed by atoms with van der Waals surface area (Å²) in [4.78, 5) is 13.4. The van der Waals surface area contributed by atoms with Gasteiger partial charge in [0.25, 0.3) is 0 Å². The Labute approximate surface area is 121 Å². The van der Waals surface area contributed by atoms with E-state index in [1.54, 1.807) is 6.20 Å². The smallest absolute Gasteiger partial charge is 0.133 e. The molecule has 0 spiro atoms. The molecule has 20 heavy (non-hydrogen) atoms. The third-order valence-electron chi connectivity index (χ3n) is 3.56. The van der Waals surface area contributed by atoms with Crippen molar-refractivity contribution in [1.82, 2.24) is 15.0 Å². The highest BCUT2D eigenvalue weighted by Crippen LogP contribution is 2.39. The van der Waals surface area contributed by atoms with Crippen LogP contribution < -0.4 is 0 Å². The molecule has 1 aliphatic rings. The fourth-order valence-corrected chi connectivity index (χ4v) is 2.52. The van der Waals surface area contributed by atoms with Crippen LogP contribution >= 0.6 is 11.6 Å². The number of pyridine rings is 1. The molecule has 0 bridgehead atoms. The van der Waals surface area contributed by atoms with Gasteiger partial charge in [-0.1, -0.05) is 29.8 Å². The lowest BCUT2D eigenvalue weighted by molar-refractivity contribution is 0.931. The van der Waals surface area contributed by atoms with Gasteiger partial charge in [0.1, 0.15) is 11.0 Å². The highest BCUT2D eigenvalue weighted by atomic mass is 35.5. The fourth-order valence-electron chi connectivity index (χ4n) is 2.33. The van der Waals surface area contributed by atoms with Crippen LogP contribution in [0.1, 0.15) is 24.6 Å². The van der Waals surface area contributed by atoms with Crippen molar-refractivity contribution in [3.63, 3.8) is 0 Å². The predicted molar refractivity (Wildman–Crippen MR) is 79.8 cm³/mol. The van der Waals surface area contributed by atoms with E-state index in [0.717, 1.165) is 28.0 Å². The van der Waals surface area contributed by atoms with Crippen molar-refractivity contribution in [2.24, 2.45) is 0 Å². The van der Waals surface area contributed by atoms with Gasteiger partial charge in [0.2, 0.25) is 0 Å². The molecule has 0 amide bonds. The summed E-state index contributed by atoms with van der Waals surface area (Å²) >= 11 is 6.12. The minimum Gasteiger partial charge on any atom is -0.256 e. The zero-order valence-corrected chi connectivity index (χ0v) is 11.5. The Morgan fingerprint density at radius 3 is 2.80 bits per heavy atom. The van der Waals surface area contributed by atoms with Gasteiger partial charge in [-0.15, -0.1) is 0 Å². The summed E-state index contributed by atoms with van der Waals surface area (Å²) in [5, 5.41) is 1.64. The number of fused-ring (bicyclic) bond motifs is 1. The van der Waals surface area contributed by atoms with Crippen LogP contribution in [-0.4, -0.2) is 15.0 Å². The van der Waals surface area contributed by atoms with E-state index in [-0.39, 0.29) is 0 Å². The standard InChI is InChI=1S/C16H12ClN3/c17-15-9-14(19-16(20-15)11-4-5-11)12-6-3-10-2-1-7-18-13(10)8-12/h1-3,6-9,11H,4-5H2. The lowest BCUT2D eigenvalue weighted by Crippen LogP contribution is -1.95. The molecule has 0 saturated heterocycles. The first kappa shape index (κ1) is 11.8. The summed E-state index contributed by atoms with van der Waals surface area (Å²) in [7, 11) is 0. The minimum atomic E-state index is 0.492. The van der Waals surface area contributed by atoms with E-state index in [9.17, 15) is 0 Å². The van der Waals surface area contributed by atoms with E-state index in [0.29, 0.717) is 11.1 Å². The largest absolute Gasteiger partial charge is 0.256 e. The van der Waals surface area contributed by atoms with E-state index in [4.69, 9.17) is 11.6 Å². The summed E-state index contributed by atoms with van der Waals surface area (Å²) < 4.78 is 0. The minimum absolute atomic E-state index is 0.492. The van der Waals surface area contributed by atoms with Crippen LogP contribution in [0.4, 0.5) is 0 Å². The first-order valence-corrected chi connectivity index (χ1v) is 7.07. The number of hydrogen-bond acceptors (Lipinski definition) is 3. The van der Waals surface area contributed by atoms with Gasteiger partial charge in [0.15, 0.2) is 0 Å². The van der Waals surface area contributed by atoms with Crippen molar-refractivity contribution in [3.8, 4) is 11.3 Å². The number of halogens is 1. The summed E-state index contributed by atoms with van der Waals surface area (Å²) in [6, 6.07) is 12.0. The molecule has 3 nitrogen and oxygen atoms in total. The monoisotopic (exact) mass is 281 g/mol. The molecule has 4 heteroatoms. The zero-order chi connectivity index (χ0) is 13.5. The molecule has 0 atom stereocenters. The molecule has 0 unspecified atom stereocenters. The van der Waals surface area contributed by atoms with Crippen molar-refractivity contribution < 1.29 is 0 Å². The average molecular weight is 282 g/mol. The van der Waals surface area contributed by atoms with Crippen LogP contribution in [-0.2, 0) is 0 Å². The molecule has 0 aliphatic heterocycles.